The zero-order chi connectivity index (χ0) is 22.3. The summed E-state index contributed by atoms with van der Waals surface area (Å²) in [5, 5.41) is 17.8. The first-order chi connectivity index (χ1) is 14.8. The summed E-state index contributed by atoms with van der Waals surface area (Å²) in [7, 11) is 0. The van der Waals surface area contributed by atoms with Gasteiger partial charge in [0.15, 0.2) is 0 Å². The summed E-state index contributed by atoms with van der Waals surface area (Å²) in [5.41, 5.74) is 0.853. The Morgan fingerprint density at radius 3 is 2.55 bits per heavy atom. The van der Waals surface area contributed by atoms with Crippen LogP contribution in [0.25, 0.3) is 0 Å². The fraction of sp³-hybridized carbons (Fsp3) is 0.458. The average Bonchev–Trinajstić information content (AvgIpc) is 2.74. The van der Waals surface area contributed by atoms with Gasteiger partial charge in [0.05, 0.1) is 5.69 Å². The minimum absolute atomic E-state index is 0.131. The quantitative estimate of drug-likeness (QED) is 0.549. The Kier molecular flexibility index (Phi) is 8.32. The lowest BCUT2D eigenvalue weighted by Gasteiger charge is -2.34. The number of piperidine rings is 1. The number of ether oxygens (including phenoxy) is 1. The molecule has 1 aliphatic rings. The molecule has 1 aliphatic heterocycles. The van der Waals surface area contributed by atoms with Gasteiger partial charge in [-0.15, -0.1) is 0 Å². The lowest BCUT2D eigenvalue weighted by Crippen LogP contribution is -2.49. The molecule has 1 heterocycles. The van der Waals surface area contributed by atoms with Crippen LogP contribution in [0.5, 0.6) is 5.75 Å². The van der Waals surface area contributed by atoms with E-state index in [0.717, 1.165) is 37.5 Å². The number of amides is 1. The molecule has 3 N–H and O–H groups in total. The predicted molar refractivity (Wildman–Crippen MR) is 125 cm³/mol. The molecule has 6 nitrogen and oxygen atoms in total. The number of likely N-dealkylation sites (tertiary alicyclic amines) is 1. The standard InChI is InChI=1S/C24H32ClN3O3/c1-18(29)27-22-5-3-4-6-23(22)31-17-24(2,30)16-26-21-11-13-28(14-12-21)15-19-7-9-20(25)10-8-19/h3-10,21,26,30H,11-17H2,1-2H3,(H,27,29)/t24-/m0/s1. The maximum absolute atomic E-state index is 11.3. The Morgan fingerprint density at radius 2 is 1.87 bits per heavy atom. The summed E-state index contributed by atoms with van der Waals surface area (Å²) in [6.07, 6.45) is 2.08. The second kappa shape index (κ2) is 11.0. The zero-order valence-corrected chi connectivity index (χ0v) is 19.0. The van der Waals surface area contributed by atoms with Gasteiger partial charge in [-0.1, -0.05) is 35.9 Å². The fourth-order valence-corrected chi connectivity index (χ4v) is 3.80. The third kappa shape index (κ3) is 7.82. The number of carbonyl (C=O) groups excluding carboxylic acids is 1. The molecule has 0 spiro atoms. The molecule has 0 aromatic heterocycles. The Balaban J connectivity index is 1.41. The highest BCUT2D eigenvalue weighted by Crippen LogP contribution is 2.25. The van der Waals surface area contributed by atoms with E-state index in [9.17, 15) is 9.90 Å². The summed E-state index contributed by atoms with van der Waals surface area (Å²) in [6.45, 7) is 6.76. The van der Waals surface area contributed by atoms with E-state index in [4.69, 9.17) is 16.3 Å². The molecule has 0 saturated carbocycles. The number of anilines is 1. The molecule has 1 saturated heterocycles. The number of aliphatic hydroxyl groups is 1. The molecule has 1 atom stereocenters. The van der Waals surface area contributed by atoms with E-state index in [1.54, 1.807) is 19.1 Å². The van der Waals surface area contributed by atoms with Crippen molar-refractivity contribution >= 4 is 23.2 Å². The number of rotatable bonds is 9. The number of carbonyl (C=O) groups is 1. The molecule has 7 heteroatoms. The van der Waals surface area contributed by atoms with E-state index in [-0.39, 0.29) is 12.5 Å². The Morgan fingerprint density at radius 1 is 1.19 bits per heavy atom. The molecule has 2 aromatic carbocycles. The van der Waals surface area contributed by atoms with E-state index in [2.05, 4.69) is 27.7 Å². The Hall–Kier alpha value is -2.12. The van der Waals surface area contributed by atoms with Crippen LogP contribution in [0.1, 0.15) is 32.3 Å². The average molecular weight is 446 g/mol. The van der Waals surface area contributed by atoms with Crippen LogP contribution in [0.4, 0.5) is 5.69 Å². The fourth-order valence-electron chi connectivity index (χ4n) is 3.68. The molecule has 1 amide bonds. The van der Waals surface area contributed by atoms with Gasteiger partial charge in [-0.05, 0) is 62.7 Å². The lowest BCUT2D eigenvalue weighted by molar-refractivity contribution is -0.114. The smallest absolute Gasteiger partial charge is 0.221 e. The summed E-state index contributed by atoms with van der Waals surface area (Å²) in [6, 6.07) is 15.6. The van der Waals surface area contributed by atoms with Gasteiger partial charge >= 0.3 is 0 Å². The van der Waals surface area contributed by atoms with Crippen molar-refractivity contribution in [1.29, 1.82) is 0 Å². The van der Waals surface area contributed by atoms with E-state index < -0.39 is 5.60 Å². The minimum Gasteiger partial charge on any atom is -0.488 e. The summed E-state index contributed by atoms with van der Waals surface area (Å²) in [4.78, 5) is 13.8. The van der Waals surface area contributed by atoms with Crippen molar-refractivity contribution in [3.05, 3.63) is 59.1 Å². The van der Waals surface area contributed by atoms with Crippen molar-refractivity contribution in [2.24, 2.45) is 0 Å². The number of benzene rings is 2. The monoisotopic (exact) mass is 445 g/mol. The van der Waals surface area contributed by atoms with Crippen LogP contribution in [0.2, 0.25) is 5.02 Å². The Bertz CT molecular complexity index is 849. The summed E-state index contributed by atoms with van der Waals surface area (Å²) < 4.78 is 5.81. The molecule has 31 heavy (non-hydrogen) atoms. The third-order valence-corrected chi connectivity index (χ3v) is 5.67. The number of para-hydroxylation sites is 2. The van der Waals surface area contributed by atoms with Crippen LogP contribution >= 0.6 is 11.6 Å². The normalized spacial score (nSPS) is 17.2. The number of nitrogens with zero attached hydrogens (tertiary/aromatic N) is 1. The van der Waals surface area contributed by atoms with Crippen LogP contribution in [0.3, 0.4) is 0 Å². The maximum atomic E-state index is 11.3. The van der Waals surface area contributed by atoms with Gasteiger partial charge in [-0.3, -0.25) is 9.69 Å². The number of halogens is 1. The lowest BCUT2D eigenvalue weighted by atomic mass is 10.0. The highest BCUT2D eigenvalue weighted by Gasteiger charge is 2.25. The summed E-state index contributed by atoms with van der Waals surface area (Å²) >= 11 is 5.96. The molecule has 3 rings (SSSR count). The SMILES string of the molecule is CC(=O)Nc1ccccc1OC[C@@](C)(O)CNC1CCN(Cc2ccc(Cl)cc2)CC1. The van der Waals surface area contributed by atoms with Gasteiger partial charge in [-0.2, -0.15) is 0 Å². The first-order valence-corrected chi connectivity index (χ1v) is 11.1. The maximum Gasteiger partial charge on any atom is 0.221 e. The second-order valence-corrected chi connectivity index (χ2v) is 8.96. The van der Waals surface area contributed by atoms with Crippen LogP contribution in [0, 0.1) is 0 Å². The minimum atomic E-state index is -1.02. The molecule has 0 unspecified atom stereocenters. The van der Waals surface area contributed by atoms with E-state index in [1.807, 2.05) is 24.3 Å². The molecule has 0 bridgehead atoms. The van der Waals surface area contributed by atoms with Gasteiger partial charge in [0, 0.05) is 31.1 Å². The molecule has 1 fully saturated rings. The molecule has 0 radical (unpaired) electrons. The molecule has 0 aliphatic carbocycles. The van der Waals surface area contributed by atoms with Crippen molar-refractivity contribution in [2.45, 2.75) is 44.9 Å². The molecular weight excluding hydrogens is 414 g/mol. The zero-order valence-electron chi connectivity index (χ0n) is 18.2. The van der Waals surface area contributed by atoms with Gasteiger partial charge in [0.1, 0.15) is 18.0 Å². The van der Waals surface area contributed by atoms with E-state index in [1.165, 1.54) is 12.5 Å². The third-order valence-electron chi connectivity index (χ3n) is 5.41. The largest absolute Gasteiger partial charge is 0.488 e. The van der Waals surface area contributed by atoms with Gasteiger partial charge in [-0.25, -0.2) is 0 Å². The van der Waals surface area contributed by atoms with Crippen LogP contribution in [-0.4, -0.2) is 53.8 Å². The van der Waals surface area contributed by atoms with E-state index >= 15 is 0 Å². The van der Waals surface area contributed by atoms with Gasteiger partial charge in [0.2, 0.25) is 5.91 Å². The molecular formula is C24H32ClN3O3. The topological polar surface area (TPSA) is 73.8 Å². The van der Waals surface area contributed by atoms with Gasteiger partial charge in [0.25, 0.3) is 0 Å². The second-order valence-electron chi connectivity index (χ2n) is 8.52. The highest BCUT2D eigenvalue weighted by atomic mass is 35.5. The summed E-state index contributed by atoms with van der Waals surface area (Å²) in [5.74, 6) is 0.389. The van der Waals surface area contributed by atoms with Crippen molar-refractivity contribution in [1.82, 2.24) is 10.2 Å². The van der Waals surface area contributed by atoms with Crippen LogP contribution in [-0.2, 0) is 11.3 Å². The Labute approximate surface area is 189 Å². The number of hydrogen-bond donors (Lipinski definition) is 3. The highest BCUT2D eigenvalue weighted by molar-refractivity contribution is 6.30. The first kappa shape index (κ1) is 23.5. The van der Waals surface area contributed by atoms with Crippen LogP contribution in [0.15, 0.2) is 48.5 Å². The van der Waals surface area contributed by atoms with Crippen LogP contribution < -0.4 is 15.4 Å². The van der Waals surface area contributed by atoms with Crippen molar-refractivity contribution in [3.8, 4) is 5.75 Å². The van der Waals surface area contributed by atoms with E-state index in [0.29, 0.717) is 24.0 Å². The molecule has 168 valence electrons. The van der Waals surface area contributed by atoms with Crippen molar-refractivity contribution < 1.29 is 14.6 Å². The number of nitrogens with one attached hydrogen (secondary N) is 2. The number of hydrogen-bond acceptors (Lipinski definition) is 5. The first-order valence-electron chi connectivity index (χ1n) is 10.7. The van der Waals surface area contributed by atoms with Gasteiger partial charge < -0.3 is 20.5 Å². The van der Waals surface area contributed by atoms with Crippen molar-refractivity contribution in [3.63, 3.8) is 0 Å². The predicted octanol–water partition coefficient (Wildman–Crippen LogP) is 3.68. The van der Waals surface area contributed by atoms with Crippen molar-refractivity contribution in [2.75, 3.05) is 31.6 Å². The molecule has 2 aromatic rings.